The van der Waals surface area contributed by atoms with Crippen LogP contribution in [0, 0.1) is 11.7 Å². The summed E-state index contributed by atoms with van der Waals surface area (Å²) in [4.78, 5) is 41.4. The lowest BCUT2D eigenvalue weighted by molar-refractivity contribution is -0.150. The summed E-state index contributed by atoms with van der Waals surface area (Å²) in [5.41, 5.74) is -0.101. The fourth-order valence-corrected chi connectivity index (χ4v) is 4.31. The number of fused-ring (bicyclic) bond motifs is 1. The number of hydrogen-bond donors (Lipinski definition) is 1. The first-order chi connectivity index (χ1) is 18.3. The van der Waals surface area contributed by atoms with Crippen molar-refractivity contribution in [2.45, 2.75) is 38.6 Å². The molecule has 0 saturated carbocycles. The van der Waals surface area contributed by atoms with E-state index < -0.39 is 48.3 Å². The van der Waals surface area contributed by atoms with Crippen molar-refractivity contribution in [2.75, 3.05) is 39.2 Å². The first kappa shape index (κ1) is 29.9. The third-order valence-electron chi connectivity index (χ3n) is 6.45. The van der Waals surface area contributed by atoms with Crippen molar-refractivity contribution < 1.29 is 41.4 Å². The maximum atomic E-state index is 14.5. The van der Waals surface area contributed by atoms with Gasteiger partial charge in [-0.2, -0.15) is 13.2 Å². The highest BCUT2D eigenvalue weighted by atomic mass is 19.4. The van der Waals surface area contributed by atoms with Gasteiger partial charge >= 0.3 is 6.18 Å². The smallest absolute Gasteiger partial charge is 0.397 e. The second-order valence-corrected chi connectivity index (χ2v) is 9.59. The molecule has 0 saturated heterocycles. The Kier molecular flexibility index (Phi) is 9.54. The number of carbonyl (C=O) groups excluding carboxylic acids is 3. The van der Waals surface area contributed by atoms with E-state index >= 15 is 0 Å². The van der Waals surface area contributed by atoms with E-state index in [0.29, 0.717) is 0 Å². The van der Waals surface area contributed by atoms with Crippen LogP contribution in [-0.4, -0.2) is 79.7 Å². The highest BCUT2D eigenvalue weighted by Gasteiger charge is 2.33. The van der Waals surface area contributed by atoms with Crippen LogP contribution in [0.3, 0.4) is 0 Å². The van der Waals surface area contributed by atoms with Gasteiger partial charge in [0.2, 0.25) is 5.91 Å². The normalized spacial score (nSPS) is 20.8. The Labute approximate surface area is 223 Å². The van der Waals surface area contributed by atoms with Crippen molar-refractivity contribution in [3.8, 4) is 5.75 Å². The van der Waals surface area contributed by atoms with Gasteiger partial charge in [0.1, 0.15) is 24.6 Å². The van der Waals surface area contributed by atoms with Crippen molar-refractivity contribution in [1.82, 2.24) is 9.80 Å². The number of rotatable bonds is 4. The zero-order chi connectivity index (χ0) is 28.9. The van der Waals surface area contributed by atoms with E-state index in [2.05, 4.69) is 5.32 Å². The number of carbonyl (C=O) groups is 3. The molecule has 3 rings (SSSR count). The molecular weight excluding hydrogens is 522 g/mol. The summed E-state index contributed by atoms with van der Waals surface area (Å²) < 4.78 is 63.8. The number of halogens is 4. The molecule has 1 N–H and O–H groups in total. The molecule has 2 aromatic rings. The SMILES string of the molecule is CO[C@@H]1CN(C)C(=O)c2cc(NC(=O)CC(F)(F)F)ccc2OC[C@H](C)N(C(=O)c2ccccc2F)C[C@@H]1C. The largest absolute Gasteiger partial charge is 0.491 e. The third-order valence-corrected chi connectivity index (χ3v) is 6.45. The fraction of sp³-hybridized carbons (Fsp3) is 0.444. The number of nitrogens with zero attached hydrogens (tertiary/aromatic N) is 2. The first-order valence-electron chi connectivity index (χ1n) is 12.3. The van der Waals surface area contributed by atoms with Crippen molar-refractivity contribution in [3.63, 3.8) is 0 Å². The molecule has 212 valence electrons. The van der Waals surface area contributed by atoms with Gasteiger partial charge < -0.3 is 24.6 Å². The van der Waals surface area contributed by atoms with Gasteiger partial charge in [-0.05, 0) is 37.3 Å². The first-order valence-corrected chi connectivity index (χ1v) is 12.3. The zero-order valence-electron chi connectivity index (χ0n) is 22.0. The van der Waals surface area contributed by atoms with Crippen molar-refractivity contribution in [3.05, 3.63) is 59.4 Å². The lowest BCUT2D eigenvalue weighted by Crippen LogP contribution is -2.48. The molecule has 0 unspecified atom stereocenters. The Hall–Kier alpha value is -3.67. The summed E-state index contributed by atoms with van der Waals surface area (Å²) in [7, 11) is 3.00. The molecule has 1 heterocycles. The highest BCUT2D eigenvalue weighted by molar-refractivity contribution is 5.99. The molecule has 0 aromatic heterocycles. The Morgan fingerprint density at radius 2 is 1.82 bits per heavy atom. The standard InChI is InChI=1S/C27H31F4N3O5/c1-16-13-34(26(37)19-7-5-6-8-21(19)28)17(2)15-39-22-10-9-18(32-24(35)12-27(29,30)31)11-20(22)25(36)33(3)14-23(16)38-4/h5-11,16-17,23H,12-15H2,1-4H3,(H,32,35)/t16-,17-,23+/m0/s1. The van der Waals surface area contributed by atoms with Crippen LogP contribution in [0.5, 0.6) is 5.75 Å². The fourth-order valence-electron chi connectivity index (χ4n) is 4.31. The number of nitrogens with one attached hydrogen (secondary N) is 1. The number of alkyl halides is 3. The van der Waals surface area contributed by atoms with Crippen LogP contribution in [0.25, 0.3) is 0 Å². The highest BCUT2D eigenvalue weighted by Crippen LogP contribution is 2.28. The van der Waals surface area contributed by atoms with Gasteiger partial charge in [0, 0.05) is 38.9 Å². The summed E-state index contributed by atoms with van der Waals surface area (Å²) in [5.74, 6) is -3.15. The Bertz CT molecular complexity index is 1210. The van der Waals surface area contributed by atoms with Crippen LogP contribution < -0.4 is 10.1 Å². The molecule has 0 aliphatic carbocycles. The van der Waals surface area contributed by atoms with Gasteiger partial charge in [-0.1, -0.05) is 19.1 Å². The van der Waals surface area contributed by atoms with Gasteiger partial charge in [0.05, 0.1) is 23.3 Å². The molecule has 39 heavy (non-hydrogen) atoms. The monoisotopic (exact) mass is 553 g/mol. The van der Waals surface area contributed by atoms with Crippen molar-refractivity contribution in [1.29, 1.82) is 0 Å². The quantitative estimate of drug-likeness (QED) is 0.569. The van der Waals surface area contributed by atoms with Gasteiger partial charge in [-0.3, -0.25) is 14.4 Å². The Morgan fingerprint density at radius 1 is 1.13 bits per heavy atom. The summed E-state index contributed by atoms with van der Waals surface area (Å²) in [6, 6.07) is 9.01. The predicted molar refractivity (Wildman–Crippen MR) is 135 cm³/mol. The van der Waals surface area contributed by atoms with E-state index in [9.17, 15) is 31.9 Å². The molecule has 0 bridgehead atoms. The van der Waals surface area contributed by atoms with Crippen LogP contribution in [0.1, 0.15) is 41.0 Å². The van der Waals surface area contributed by atoms with E-state index in [4.69, 9.17) is 9.47 Å². The minimum Gasteiger partial charge on any atom is -0.491 e. The summed E-state index contributed by atoms with van der Waals surface area (Å²) in [6.07, 6.45) is -6.88. The molecule has 0 radical (unpaired) electrons. The van der Waals surface area contributed by atoms with E-state index in [1.807, 2.05) is 6.92 Å². The van der Waals surface area contributed by atoms with E-state index in [0.717, 1.165) is 0 Å². The number of anilines is 1. The summed E-state index contributed by atoms with van der Waals surface area (Å²) in [6.45, 7) is 3.79. The predicted octanol–water partition coefficient (Wildman–Crippen LogP) is 4.36. The lowest BCUT2D eigenvalue weighted by Gasteiger charge is -2.36. The number of likely N-dealkylation sites (N-methyl/N-ethyl adjacent to an activating group) is 1. The molecule has 3 amide bonds. The zero-order valence-corrected chi connectivity index (χ0v) is 22.0. The van der Waals surface area contributed by atoms with Crippen LogP contribution in [0.15, 0.2) is 42.5 Å². The average Bonchev–Trinajstić information content (AvgIpc) is 2.86. The van der Waals surface area contributed by atoms with Gasteiger partial charge in [-0.15, -0.1) is 0 Å². The van der Waals surface area contributed by atoms with Gasteiger partial charge in [-0.25, -0.2) is 4.39 Å². The molecule has 2 aromatic carbocycles. The average molecular weight is 554 g/mol. The van der Waals surface area contributed by atoms with Gasteiger partial charge in [0.25, 0.3) is 11.8 Å². The molecule has 1 aliphatic rings. The van der Waals surface area contributed by atoms with Crippen molar-refractivity contribution in [2.24, 2.45) is 5.92 Å². The Morgan fingerprint density at radius 3 is 2.46 bits per heavy atom. The molecule has 0 fully saturated rings. The minimum absolute atomic E-state index is 0.00423. The molecule has 12 heteroatoms. The molecule has 0 spiro atoms. The Balaban J connectivity index is 1.97. The second-order valence-electron chi connectivity index (χ2n) is 9.59. The molecular formula is C27H31F4N3O5. The number of benzene rings is 2. The maximum Gasteiger partial charge on any atom is 0.397 e. The van der Waals surface area contributed by atoms with E-state index in [-0.39, 0.29) is 48.2 Å². The summed E-state index contributed by atoms with van der Waals surface area (Å²) in [5, 5.41) is 2.15. The second kappa shape index (κ2) is 12.5. The van der Waals surface area contributed by atoms with Crippen molar-refractivity contribution >= 4 is 23.4 Å². The van der Waals surface area contributed by atoms with Crippen LogP contribution in [0.2, 0.25) is 0 Å². The van der Waals surface area contributed by atoms with Gasteiger partial charge in [0.15, 0.2) is 0 Å². The van der Waals surface area contributed by atoms with E-state index in [1.54, 1.807) is 13.0 Å². The summed E-state index contributed by atoms with van der Waals surface area (Å²) >= 11 is 0. The topological polar surface area (TPSA) is 88.2 Å². The third kappa shape index (κ3) is 7.69. The number of ether oxygens (including phenoxy) is 2. The molecule has 3 atom stereocenters. The van der Waals surface area contributed by atoms with Crippen LogP contribution in [-0.2, 0) is 9.53 Å². The number of amides is 3. The number of methoxy groups -OCH3 is 1. The lowest BCUT2D eigenvalue weighted by atomic mass is 10.0. The van der Waals surface area contributed by atoms with Crippen LogP contribution in [0.4, 0.5) is 23.2 Å². The maximum absolute atomic E-state index is 14.5. The van der Waals surface area contributed by atoms with E-state index in [1.165, 1.54) is 60.4 Å². The molecule has 1 aliphatic heterocycles. The minimum atomic E-state index is -4.69. The van der Waals surface area contributed by atoms with Crippen LogP contribution >= 0.6 is 0 Å². The molecule has 8 nitrogen and oxygen atoms in total. The number of hydrogen-bond acceptors (Lipinski definition) is 5.